The number of ketones is 1. The standard InChI is InChI=1S/C30H38O14.C25H32O12.C4H4O3.CH2Cl2/c1-7-23(32)39-16-29(17-40-24(33)8-2,18-41-25(34)9-3)14-38-15-30(19-42-26(35)10-4,20-43-27(36)11-5)21-44-28(37)13-12-22(6)31;1-6-19(27)33-14-24(11-26,15-34-20(28)7-2)12-32-13-25(16-35-21(29)8-3,17-36-22(30)9-4)18-37-23(31)10-5;5-3-1-2-4(6)7-3;2-1-3/h7-11H,1-5,12-21H2,6H3;6-10,26H,1-5,11-18H2;1-2H2;1H2. The van der Waals surface area contributed by atoms with E-state index < -0.39 is 192 Å². The number of Topliss-reactive ketones (excluding diaryl/α,β-unsaturated/α-hetero) is 1. The molecule has 0 amide bonds. The normalized spacial score (nSPS) is 11.3. The highest BCUT2D eigenvalue weighted by molar-refractivity contribution is 6.40. The molecule has 1 rings (SSSR count). The first-order valence-electron chi connectivity index (χ1n) is 26.2. The molecular formula is C60H76Cl2O29. The fraction of sp³-hybridized carbons (Fsp3) is 0.433. The number of carbonyl (C=O) groups excluding carboxylic acids is 14. The molecule has 1 aliphatic heterocycles. The maximum atomic E-state index is 12.3. The Balaban J connectivity index is -0.00000149. The number of hydrogen-bond donors (Lipinski definition) is 1. The summed E-state index contributed by atoms with van der Waals surface area (Å²) in [5.74, 6) is -10.1. The molecule has 0 aliphatic carbocycles. The van der Waals surface area contributed by atoms with E-state index in [0.29, 0.717) is 0 Å². The third kappa shape index (κ3) is 41.6. The minimum atomic E-state index is -1.54. The van der Waals surface area contributed by atoms with E-state index in [4.69, 9.17) is 84.8 Å². The Bertz CT molecular complexity index is 2400. The van der Waals surface area contributed by atoms with Gasteiger partial charge in [-0.05, 0) is 6.92 Å². The maximum Gasteiger partial charge on any atom is 0.330 e. The van der Waals surface area contributed by atoms with Crippen LogP contribution in [0.25, 0.3) is 0 Å². The second kappa shape index (κ2) is 49.7. The van der Waals surface area contributed by atoms with Crippen LogP contribution in [0.3, 0.4) is 0 Å². The number of ether oxygens (including phenoxy) is 14. The first kappa shape index (κ1) is 86.0. The van der Waals surface area contributed by atoms with Crippen molar-refractivity contribution in [3.8, 4) is 0 Å². The van der Waals surface area contributed by atoms with Crippen molar-refractivity contribution in [3.63, 3.8) is 0 Å². The predicted octanol–water partition coefficient (Wildman–Crippen LogP) is 3.42. The van der Waals surface area contributed by atoms with E-state index >= 15 is 0 Å². The van der Waals surface area contributed by atoms with E-state index in [1.807, 2.05) is 0 Å². The van der Waals surface area contributed by atoms with E-state index in [1.54, 1.807) is 0 Å². The van der Waals surface area contributed by atoms with Gasteiger partial charge in [0.15, 0.2) is 0 Å². The van der Waals surface area contributed by atoms with Crippen LogP contribution in [0, 0.1) is 21.7 Å². The first-order chi connectivity index (χ1) is 43.0. The van der Waals surface area contributed by atoms with Crippen molar-refractivity contribution in [2.24, 2.45) is 21.7 Å². The molecule has 0 bridgehead atoms. The first-order valence-corrected chi connectivity index (χ1v) is 27.3. The lowest BCUT2D eigenvalue weighted by atomic mass is 9.90. The Labute approximate surface area is 535 Å². The highest BCUT2D eigenvalue weighted by atomic mass is 35.5. The third-order valence-corrected chi connectivity index (χ3v) is 10.8. The SMILES string of the molecule is C=CC(=O)OCC(CO)(COCC(COC(=O)C=C)(COC(=O)C=C)COC(=O)C=C)COC(=O)C=C.C=CC(=O)OCC(COCC(COC(=O)C=C)(COC(=O)C=C)COC(=O)CCC(C)=O)(COC(=O)C=C)COC(=O)C=C.ClCCl.O=C1CCC(=O)O1. The number of aliphatic hydroxyl groups is 1. The number of rotatable bonds is 44. The molecule has 0 aromatic heterocycles. The number of carbonyl (C=O) groups is 14. The van der Waals surface area contributed by atoms with Gasteiger partial charge >= 0.3 is 77.6 Å². The number of cyclic esters (lactones) is 2. The van der Waals surface area contributed by atoms with Crippen LogP contribution in [-0.2, 0) is 133 Å². The number of halogens is 2. The summed E-state index contributed by atoms with van der Waals surface area (Å²) in [6.07, 6.45) is 9.09. The maximum absolute atomic E-state index is 12.3. The lowest BCUT2D eigenvalue weighted by molar-refractivity contribution is -0.173. The quantitative estimate of drug-likeness (QED) is 0.0300. The second-order valence-corrected chi connectivity index (χ2v) is 19.4. The molecular weight excluding hydrogens is 1260 g/mol. The Kier molecular flexibility index (Phi) is 47.0. The van der Waals surface area contributed by atoms with E-state index in [-0.39, 0.29) is 50.0 Å². The zero-order valence-corrected chi connectivity index (χ0v) is 51.8. The molecule has 1 saturated heterocycles. The predicted molar refractivity (Wildman–Crippen MR) is 318 cm³/mol. The third-order valence-electron chi connectivity index (χ3n) is 10.8. The van der Waals surface area contributed by atoms with Crippen LogP contribution in [0.4, 0.5) is 0 Å². The summed E-state index contributed by atoms with van der Waals surface area (Å²) >= 11 is 9.53. The molecule has 0 radical (unpaired) electrons. The van der Waals surface area contributed by atoms with Gasteiger partial charge in [0.05, 0.1) is 79.3 Å². The van der Waals surface area contributed by atoms with Crippen molar-refractivity contribution in [2.75, 3.05) is 111 Å². The van der Waals surface area contributed by atoms with Crippen LogP contribution in [0.5, 0.6) is 0 Å². The minimum absolute atomic E-state index is 0.0853. The summed E-state index contributed by atoms with van der Waals surface area (Å²) in [7, 11) is 0. The van der Waals surface area contributed by atoms with Crippen molar-refractivity contribution in [3.05, 3.63) is 127 Å². The Morgan fingerprint density at radius 3 is 0.714 bits per heavy atom. The van der Waals surface area contributed by atoms with Crippen molar-refractivity contribution >= 4 is 107 Å². The molecule has 504 valence electrons. The zero-order chi connectivity index (χ0) is 69.9. The van der Waals surface area contributed by atoms with Crippen LogP contribution in [0.1, 0.15) is 32.6 Å². The Morgan fingerprint density at radius 1 is 0.363 bits per heavy atom. The summed E-state index contributed by atoms with van der Waals surface area (Å²) in [5, 5.41) is 10.2. The smallest absolute Gasteiger partial charge is 0.330 e. The molecule has 29 nitrogen and oxygen atoms in total. The van der Waals surface area contributed by atoms with Gasteiger partial charge in [0, 0.05) is 67.2 Å². The molecule has 0 spiro atoms. The van der Waals surface area contributed by atoms with Crippen LogP contribution >= 0.6 is 23.2 Å². The van der Waals surface area contributed by atoms with Gasteiger partial charge in [-0.2, -0.15) is 0 Å². The number of alkyl halides is 2. The molecule has 0 unspecified atom stereocenters. The number of hydrogen-bond acceptors (Lipinski definition) is 29. The molecule has 1 fully saturated rings. The highest BCUT2D eigenvalue weighted by Gasteiger charge is 2.42. The van der Waals surface area contributed by atoms with Gasteiger partial charge in [0.25, 0.3) is 0 Å². The zero-order valence-electron chi connectivity index (χ0n) is 50.3. The molecule has 0 aromatic rings. The average molecular weight is 1330 g/mol. The van der Waals surface area contributed by atoms with Crippen LogP contribution in [-0.4, -0.2) is 200 Å². The van der Waals surface area contributed by atoms with Crippen molar-refractivity contribution in [2.45, 2.75) is 32.6 Å². The van der Waals surface area contributed by atoms with Crippen LogP contribution in [0.2, 0.25) is 0 Å². The molecule has 91 heavy (non-hydrogen) atoms. The van der Waals surface area contributed by atoms with Gasteiger partial charge in [-0.15, -0.1) is 23.2 Å². The number of esters is 13. The Hall–Kier alpha value is -9.16. The van der Waals surface area contributed by atoms with Gasteiger partial charge in [-0.25, -0.2) is 47.9 Å². The van der Waals surface area contributed by atoms with E-state index in [9.17, 15) is 72.2 Å². The molecule has 1 heterocycles. The fourth-order valence-corrected chi connectivity index (χ4v) is 5.83. The van der Waals surface area contributed by atoms with E-state index in [1.165, 1.54) is 6.92 Å². The van der Waals surface area contributed by atoms with Gasteiger partial charge in [0.2, 0.25) is 0 Å². The lowest BCUT2D eigenvalue weighted by Crippen LogP contribution is -2.47. The minimum Gasteiger partial charge on any atom is -0.465 e. The van der Waals surface area contributed by atoms with Crippen molar-refractivity contribution in [1.29, 1.82) is 0 Å². The fourth-order valence-electron chi connectivity index (χ4n) is 5.83. The lowest BCUT2D eigenvalue weighted by Gasteiger charge is -2.35. The molecule has 1 aliphatic rings. The number of aliphatic hydroxyl groups excluding tert-OH is 1. The van der Waals surface area contributed by atoms with Gasteiger partial charge in [-0.1, -0.05) is 65.8 Å². The summed E-state index contributed by atoms with van der Waals surface area (Å²) in [5.41, 5.74) is -5.93. The van der Waals surface area contributed by atoms with Gasteiger partial charge < -0.3 is 76.2 Å². The molecule has 1 N–H and O–H groups in total. The van der Waals surface area contributed by atoms with Crippen molar-refractivity contribution < 1.29 is 139 Å². The van der Waals surface area contributed by atoms with Crippen molar-refractivity contribution in [1.82, 2.24) is 0 Å². The van der Waals surface area contributed by atoms with Gasteiger partial charge in [0.1, 0.15) is 78.5 Å². The second-order valence-electron chi connectivity index (χ2n) is 18.6. The summed E-state index contributed by atoms with van der Waals surface area (Å²) in [6, 6.07) is 0. The highest BCUT2D eigenvalue weighted by Crippen LogP contribution is 2.28. The molecule has 0 saturated carbocycles. The summed E-state index contributed by atoms with van der Waals surface area (Å²) in [4.78, 5) is 161. The average Bonchev–Trinajstić information content (AvgIpc) is 2.16. The molecule has 31 heteroatoms. The summed E-state index contributed by atoms with van der Waals surface area (Å²) in [6.45, 7) is 26.7. The van der Waals surface area contributed by atoms with E-state index in [0.717, 1.165) is 60.8 Å². The largest absolute Gasteiger partial charge is 0.465 e. The topological polar surface area (TPSA) is 388 Å². The summed E-state index contributed by atoms with van der Waals surface area (Å²) < 4.78 is 72.2. The van der Waals surface area contributed by atoms with Crippen LogP contribution < -0.4 is 0 Å². The van der Waals surface area contributed by atoms with E-state index in [2.05, 4.69) is 70.5 Å². The Morgan fingerprint density at radius 2 is 0.549 bits per heavy atom. The molecule has 0 atom stereocenters. The van der Waals surface area contributed by atoms with Gasteiger partial charge in [-0.3, -0.25) is 14.4 Å². The molecule has 0 aromatic carbocycles. The van der Waals surface area contributed by atoms with Crippen LogP contribution in [0.15, 0.2) is 127 Å². The monoisotopic (exact) mass is 1330 g/mol.